The smallest absolute Gasteiger partial charge is 0.263 e. The molecule has 0 saturated heterocycles. The summed E-state index contributed by atoms with van der Waals surface area (Å²) in [6.07, 6.45) is 1.24. The van der Waals surface area contributed by atoms with Crippen molar-refractivity contribution in [2.45, 2.75) is 20.0 Å². The zero-order chi connectivity index (χ0) is 15.5. The Morgan fingerprint density at radius 1 is 1.36 bits per heavy atom. The number of hydrogen-bond acceptors (Lipinski definition) is 6. The average Bonchev–Trinajstić information content (AvgIpc) is 2.87. The van der Waals surface area contributed by atoms with Crippen LogP contribution in [0.4, 0.5) is 10.2 Å². The van der Waals surface area contributed by atoms with Crippen LogP contribution in [0.5, 0.6) is 5.75 Å². The summed E-state index contributed by atoms with van der Waals surface area (Å²) < 4.78 is 23.9. The van der Waals surface area contributed by atoms with Crippen molar-refractivity contribution in [3.8, 4) is 5.75 Å². The third-order valence-corrected chi connectivity index (χ3v) is 3.13. The van der Waals surface area contributed by atoms with Crippen LogP contribution in [0.15, 0.2) is 35.1 Å². The third kappa shape index (κ3) is 2.98. The summed E-state index contributed by atoms with van der Waals surface area (Å²) in [5, 5.41) is 7.80. The molecule has 0 unspecified atom stereocenters. The lowest BCUT2D eigenvalue weighted by atomic mass is 10.3. The maximum absolute atomic E-state index is 13.1. The van der Waals surface area contributed by atoms with Gasteiger partial charge in [0.2, 0.25) is 0 Å². The average molecular weight is 302 g/mol. The van der Waals surface area contributed by atoms with E-state index in [1.54, 1.807) is 12.1 Å². The van der Waals surface area contributed by atoms with Crippen molar-refractivity contribution >= 4 is 16.9 Å². The highest BCUT2D eigenvalue weighted by atomic mass is 19.1. The lowest BCUT2D eigenvalue weighted by Crippen LogP contribution is -2.23. The van der Waals surface area contributed by atoms with E-state index in [0.717, 1.165) is 11.1 Å². The maximum atomic E-state index is 13.1. The van der Waals surface area contributed by atoms with E-state index >= 15 is 0 Å². The minimum absolute atomic E-state index is 0.174. The fourth-order valence-electron chi connectivity index (χ4n) is 2.11. The van der Waals surface area contributed by atoms with Crippen molar-refractivity contribution in [3.05, 3.63) is 42.1 Å². The zero-order valence-electron chi connectivity index (χ0n) is 12.2. The van der Waals surface area contributed by atoms with Gasteiger partial charge in [-0.2, -0.15) is 4.98 Å². The molecule has 1 N–H and O–H groups in total. The van der Waals surface area contributed by atoms with Gasteiger partial charge in [-0.05, 0) is 26.0 Å². The quantitative estimate of drug-likeness (QED) is 0.781. The van der Waals surface area contributed by atoms with E-state index in [0.29, 0.717) is 23.8 Å². The van der Waals surface area contributed by atoms with Crippen LogP contribution in [-0.2, 0) is 0 Å². The highest BCUT2D eigenvalue weighted by Gasteiger charge is 2.13. The number of ether oxygens (including phenoxy) is 1. The fourth-order valence-corrected chi connectivity index (χ4v) is 2.11. The summed E-state index contributed by atoms with van der Waals surface area (Å²) in [4.78, 5) is 8.21. The summed E-state index contributed by atoms with van der Waals surface area (Å²) in [5.74, 6) is 0.803. The molecular formula is C15H15FN4O2. The molecule has 3 rings (SSSR count). The van der Waals surface area contributed by atoms with Gasteiger partial charge in [0.15, 0.2) is 0 Å². The zero-order valence-corrected chi connectivity index (χ0v) is 12.2. The molecule has 2 heterocycles. The van der Waals surface area contributed by atoms with Crippen molar-refractivity contribution in [2.75, 3.05) is 11.9 Å². The Kier molecular flexibility index (Phi) is 3.86. The first-order valence-corrected chi connectivity index (χ1v) is 6.86. The first-order valence-electron chi connectivity index (χ1n) is 6.86. The van der Waals surface area contributed by atoms with Gasteiger partial charge < -0.3 is 14.6 Å². The molecule has 0 aliphatic heterocycles. The van der Waals surface area contributed by atoms with Crippen molar-refractivity contribution in [1.29, 1.82) is 0 Å². The van der Waals surface area contributed by atoms with Gasteiger partial charge in [0.25, 0.3) is 5.71 Å². The number of halogens is 1. The Bertz CT molecular complexity index is 790. The Labute approximate surface area is 126 Å². The minimum Gasteiger partial charge on any atom is -0.489 e. The second-order valence-corrected chi connectivity index (χ2v) is 4.94. The number of rotatable bonds is 5. The Balaban J connectivity index is 1.67. The topological polar surface area (TPSA) is 73.1 Å². The van der Waals surface area contributed by atoms with Gasteiger partial charge in [0, 0.05) is 6.07 Å². The number of hydrogen-bond donors (Lipinski definition) is 1. The number of aryl methyl sites for hydroxylation is 1. The molecule has 7 heteroatoms. The predicted octanol–water partition coefficient (Wildman–Crippen LogP) is 2.94. The van der Waals surface area contributed by atoms with Crippen LogP contribution in [0.3, 0.4) is 0 Å². The SMILES string of the molecule is Cc1noc2ncnc(NC[C@H](C)Oc3cccc(F)c3)c12. The number of aromatic nitrogens is 3. The number of nitrogens with one attached hydrogen (secondary N) is 1. The van der Waals surface area contributed by atoms with E-state index in [1.807, 2.05) is 13.8 Å². The summed E-state index contributed by atoms with van der Waals surface area (Å²) in [5.41, 5.74) is 1.16. The standard InChI is InChI=1S/C15H15FN4O2/c1-9(21-12-5-3-4-11(16)6-12)7-17-14-13-10(2)20-22-15(13)19-8-18-14/h3-6,8-9H,7H2,1-2H3,(H,17,18,19)/t9-/m0/s1. The molecule has 0 radical (unpaired) electrons. The van der Waals surface area contributed by atoms with E-state index < -0.39 is 0 Å². The molecule has 0 bridgehead atoms. The summed E-state index contributed by atoms with van der Waals surface area (Å²) in [6, 6.07) is 6.05. The van der Waals surface area contributed by atoms with Crippen LogP contribution in [0.1, 0.15) is 12.6 Å². The van der Waals surface area contributed by atoms with E-state index in [4.69, 9.17) is 9.26 Å². The van der Waals surface area contributed by atoms with Gasteiger partial charge in [-0.3, -0.25) is 0 Å². The molecule has 0 spiro atoms. The molecular weight excluding hydrogens is 287 g/mol. The molecule has 0 aliphatic rings. The monoisotopic (exact) mass is 302 g/mol. The fraction of sp³-hybridized carbons (Fsp3) is 0.267. The minimum atomic E-state index is -0.324. The Morgan fingerprint density at radius 2 is 2.23 bits per heavy atom. The normalized spacial score (nSPS) is 12.3. The molecule has 3 aromatic rings. The largest absolute Gasteiger partial charge is 0.489 e. The maximum Gasteiger partial charge on any atom is 0.263 e. The molecule has 114 valence electrons. The third-order valence-electron chi connectivity index (χ3n) is 3.13. The van der Waals surface area contributed by atoms with E-state index in [1.165, 1.54) is 18.5 Å². The van der Waals surface area contributed by atoms with Crippen molar-refractivity contribution in [2.24, 2.45) is 0 Å². The highest BCUT2D eigenvalue weighted by molar-refractivity contribution is 5.87. The van der Waals surface area contributed by atoms with Crippen LogP contribution in [-0.4, -0.2) is 27.8 Å². The Hall–Kier alpha value is -2.70. The second kappa shape index (κ2) is 5.97. The number of fused-ring (bicyclic) bond motifs is 1. The lowest BCUT2D eigenvalue weighted by Gasteiger charge is -2.16. The van der Waals surface area contributed by atoms with Crippen molar-refractivity contribution < 1.29 is 13.7 Å². The molecule has 0 amide bonds. The van der Waals surface area contributed by atoms with Gasteiger partial charge in [0.05, 0.1) is 12.2 Å². The summed E-state index contributed by atoms with van der Waals surface area (Å²) in [7, 11) is 0. The van der Waals surface area contributed by atoms with Crippen LogP contribution in [0.25, 0.3) is 11.1 Å². The van der Waals surface area contributed by atoms with E-state index in [9.17, 15) is 4.39 Å². The highest BCUT2D eigenvalue weighted by Crippen LogP contribution is 2.22. The molecule has 0 aliphatic carbocycles. The van der Waals surface area contributed by atoms with Crippen LogP contribution < -0.4 is 10.1 Å². The molecule has 2 aromatic heterocycles. The van der Waals surface area contributed by atoms with Gasteiger partial charge in [-0.15, -0.1) is 0 Å². The molecule has 6 nitrogen and oxygen atoms in total. The van der Waals surface area contributed by atoms with Crippen molar-refractivity contribution in [1.82, 2.24) is 15.1 Å². The van der Waals surface area contributed by atoms with Crippen LogP contribution in [0.2, 0.25) is 0 Å². The number of nitrogens with zero attached hydrogens (tertiary/aromatic N) is 3. The Morgan fingerprint density at radius 3 is 3.05 bits per heavy atom. The number of anilines is 1. The molecule has 22 heavy (non-hydrogen) atoms. The predicted molar refractivity (Wildman–Crippen MR) is 79.3 cm³/mol. The molecule has 1 atom stereocenters. The van der Waals surface area contributed by atoms with Gasteiger partial charge in [0.1, 0.15) is 35.2 Å². The van der Waals surface area contributed by atoms with Gasteiger partial charge >= 0.3 is 0 Å². The summed E-state index contributed by atoms with van der Waals surface area (Å²) >= 11 is 0. The van der Waals surface area contributed by atoms with Crippen LogP contribution >= 0.6 is 0 Å². The molecule has 0 saturated carbocycles. The molecule has 1 aromatic carbocycles. The molecule has 0 fully saturated rings. The van der Waals surface area contributed by atoms with E-state index in [-0.39, 0.29) is 11.9 Å². The first kappa shape index (κ1) is 14.2. The van der Waals surface area contributed by atoms with Gasteiger partial charge in [-0.25, -0.2) is 9.37 Å². The van der Waals surface area contributed by atoms with Crippen molar-refractivity contribution in [3.63, 3.8) is 0 Å². The first-order chi connectivity index (χ1) is 10.6. The second-order valence-electron chi connectivity index (χ2n) is 4.94. The van der Waals surface area contributed by atoms with Crippen LogP contribution in [0, 0.1) is 12.7 Å². The van der Waals surface area contributed by atoms with E-state index in [2.05, 4.69) is 20.4 Å². The van der Waals surface area contributed by atoms with Gasteiger partial charge in [-0.1, -0.05) is 11.2 Å². The lowest BCUT2D eigenvalue weighted by molar-refractivity contribution is 0.233. The number of benzene rings is 1. The summed E-state index contributed by atoms with van der Waals surface area (Å²) in [6.45, 7) is 4.21.